The number of benzene rings is 2. The number of rotatable bonds is 9. The van der Waals surface area contributed by atoms with Gasteiger partial charge in [0.1, 0.15) is 11.6 Å². The number of anilines is 1. The molecule has 0 fully saturated rings. The molecule has 0 heterocycles. The van der Waals surface area contributed by atoms with Crippen molar-refractivity contribution in [3.63, 3.8) is 0 Å². The number of alkyl halides is 3. The summed E-state index contributed by atoms with van der Waals surface area (Å²) in [5, 5.41) is 11.5. The van der Waals surface area contributed by atoms with Gasteiger partial charge in [-0.15, -0.1) is 0 Å². The van der Waals surface area contributed by atoms with E-state index in [1.54, 1.807) is 26.0 Å². The van der Waals surface area contributed by atoms with Gasteiger partial charge in [-0.3, -0.25) is 4.79 Å². The van der Waals surface area contributed by atoms with E-state index in [0.717, 1.165) is 12.1 Å². The number of hydrogen-bond acceptors (Lipinski definition) is 6. The van der Waals surface area contributed by atoms with E-state index in [1.165, 1.54) is 30.3 Å². The topological polar surface area (TPSA) is 97.7 Å². The molecule has 2 aromatic carbocycles. The lowest BCUT2D eigenvalue weighted by Gasteiger charge is -2.13. The van der Waals surface area contributed by atoms with Gasteiger partial charge in [-0.05, 0) is 55.8 Å². The number of nitrogens with zero attached hydrogens (tertiary/aromatic N) is 1. The molecule has 2 aromatic rings. The highest BCUT2D eigenvalue weighted by molar-refractivity contribution is 5.98. The first-order chi connectivity index (χ1) is 15.7. The molecule has 0 radical (unpaired) electrons. The van der Waals surface area contributed by atoms with Crippen molar-refractivity contribution in [2.75, 3.05) is 25.1 Å². The average molecular weight is 462 g/mol. The zero-order valence-electron chi connectivity index (χ0n) is 17.9. The first-order valence-electron chi connectivity index (χ1n) is 9.83. The van der Waals surface area contributed by atoms with Crippen LogP contribution in [0.1, 0.15) is 25.0 Å². The Bertz CT molecular complexity index is 1070. The van der Waals surface area contributed by atoms with Crippen molar-refractivity contribution >= 4 is 23.6 Å². The van der Waals surface area contributed by atoms with Crippen molar-refractivity contribution in [2.45, 2.75) is 20.0 Å². The van der Waals surface area contributed by atoms with Crippen molar-refractivity contribution in [3.05, 3.63) is 59.2 Å². The number of amides is 1. The third kappa shape index (κ3) is 7.57. The second-order valence-corrected chi connectivity index (χ2v) is 6.44. The molecule has 0 aromatic heterocycles. The Morgan fingerprint density at radius 1 is 1.06 bits per heavy atom. The predicted octanol–water partition coefficient (Wildman–Crippen LogP) is 4.59. The van der Waals surface area contributed by atoms with Gasteiger partial charge in [0.15, 0.2) is 18.1 Å². The van der Waals surface area contributed by atoms with Crippen LogP contribution in [-0.4, -0.2) is 31.7 Å². The Balaban J connectivity index is 2.12. The molecule has 0 bridgehead atoms. The number of nitrogens with one attached hydrogen (secondary N) is 1. The maximum atomic E-state index is 12.8. The summed E-state index contributed by atoms with van der Waals surface area (Å²) in [6.07, 6.45) is -3.21. The van der Waals surface area contributed by atoms with Crippen molar-refractivity contribution in [2.24, 2.45) is 0 Å². The zero-order chi connectivity index (χ0) is 24.4. The fraction of sp³-hybridized carbons (Fsp3) is 0.261. The van der Waals surface area contributed by atoms with Crippen LogP contribution in [0, 0.1) is 11.3 Å². The number of esters is 1. The van der Waals surface area contributed by atoms with E-state index in [-0.39, 0.29) is 36.0 Å². The van der Waals surface area contributed by atoms with Crippen LogP contribution >= 0.6 is 0 Å². The predicted molar refractivity (Wildman–Crippen MR) is 113 cm³/mol. The Hall–Kier alpha value is -4.00. The van der Waals surface area contributed by atoms with Gasteiger partial charge in [0.05, 0.1) is 18.8 Å². The Labute approximate surface area is 188 Å². The minimum atomic E-state index is -4.53. The molecule has 0 saturated heterocycles. The number of ether oxygens (including phenoxy) is 3. The summed E-state index contributed by atoms with van der Waals surface area (Å²) in [4.78, 5) is 23.9. The summed E-state index contributed by atoms with van der Waals surface area (Å²) in [6.45, 7) is 3.25. The van der Waals surface area contributed by atoms with Crippen LogP contribution in [0.4, 0.5) is 18.9 Å². The van der Waals surface area contributed by atoms with Crippen LogP contribution in [-0.2, 0) is 20.5 Å². The molecule has 7 nitrogen and oxygen atoms in total. The Morgan fingerprint density at radius 2 is 1.82 bits per heavy atom. The van der Waals surface area contributed by atoms with Crippen molar-refractivity contribution in [1.29, 1.82) is 5.26 Å². The molecule has 1 amide bonds. The van der Waals surface area contributed by atoms with Gasteiger partial charge < -0.3 is 19.5 Å². The maximum absolute atomic E-state index is 12.8. The second-order valence-electron chi connectivity index (χ2n) is 6.44. The number of hydrogen-bond donors (Lipinski definition) is 1. The van der Waals surface area contributed by atoms with Crippen molar-refractivity contribution in [1.82, 2.24) is 0 Å². The van der Waals surface area contributed by atoms with Crippen LogP contribution < -0.4 is 14.8 Å². The van der Waals surface area contributed by atoms with Gasteiger partial charge >= 0.3 is 12.1 Å². The monoisotopic (exact) mass is 462 g/mol. The van der Waals surface area contributed by atoms with Crippen LogP contribution in [0.5, 0.6) is 11.5 Å². The SMILES string of the molecule is CCOC(=O)/C(C#N)=C/c1ccc(OCC(=O)Nc2cccc(C(F)(F)F)c2)c(OCC)c1. The Morgan fingerprint density at radius 3 is 2.45 bits per heavy atom. The lowest BCUT2D eigenvalue weighted by atomic mass is 10.1. The fourth-order valence-corrected chi connectivity index (χ4v) is 2.63. The molecule has 0 saturated carbocycles. The molecule has 33 heavy (non-hydrogen) atoms. The molecule has 0 aliphatic heterocycles. The van der Waals surface area contributed by atoms with Crippen molar-refractivity contribution in [3.8, 4) is 17.6 Å². The van der Waals surface area contributed by atoms with Crippen LogP contribution in [0.15, 0.2) is 48.0 Å². The number of carbonyl (C=O) groups is 2. The van der Waals surface area contributed by atoms with Gasteiger partial charge in [-0.2, -0.15) is 18.4 Å². The highest BCUT2D eigenvalue weighted by Crippen LogP contribution is 2.31. The molecular formula is C23H21F3N2O5. The fourth-order valence-electron chi connectivity index (χ4n) is 2.63. The first-order valence-corrected chi connectivity index (χ1v) is 9.83. The second kappa shape index (κ2) is 11.6. The highest BCUT2D eigenvalue weighted by atomic mass is 19.4. The third-order valence-corrected chi connectivity index (χ3v) is 4.03. The standard InChI is InChI=1S/C23H21F3N2O5/c1-3-31-20-11-15(10-16(13-27)22(30)32-4-2)8-9-19(20)33-14-21(29)28-18-7-5-6-17(12-18)23(24,25)26/h5-12H,3-4,14H2,1-2H3,(H,28,29)/b16-10+. The molecule has 0 atom stereocenters. The van der Waals surface area contributed by atoms with Crippen LogP contribution in [0.25, 0.3) is 6.08 Å². The molecule has 0 unspecified atom stereocenters. The van der Waals surface area contributed by atoms with Crippen LogP contribution in [0.2, 0.25) is 0 Å². The summed E-state index contributed by atoms with van der Waals surface area (Å²) >= 11 is 0. The molecule has 10 heteroatoms. The van der Waals surface area contributed by atoms with Crippen LogP contribution in [0.3, 0.4) is 0 Å². The normalized spacial score (nSPS) is 11.3. The molecule has 0 aliphatic carbocycles. The van der Waals surface area contributed by atoms with Gasteiger partial charge in [-0.1, -0.05) is 12.1 Å². The molecular weight excluding hydrogens is 441 g/mol. The van der Waals surface area contributed by atoms with Gasteiger partial charge in [0.2, 0.25) is 0 Å². The summed E-state index contributed by atoms with van der Waals surface area (Å²) in [5.74, 6) is -0.985. The lowest BCUT2D eigenvalue weighted by molar-refractivity contribution is -0.138. The largest absolute Gasteiger partial charge is 0.490 e. The van der Waals surface area contributed by atoms with Gasteiger partial charge in [0, 0.05) is 5.69 Å². The molecule has 0 aliphatic rings. The minimum absolute atomic E-state index is 0.0214. The Kier molecular flexibility index (Phi) is 8.86. The van der Waals surface area contributed by atoms with E-state index < -0.39 is 30.2 Å². The average Bonchev–Trinajstić information content (AvgIpc) is 2.77. The van der Waals surface area contributed by atoms with E-state index >= 15 is 0 Å². The molecule has 174 valence electrons. The van der Waals surface area contributed by atoms with Crippen molar-refractivity contribution < 1.29 is 37.0 Å². The number of carbonyl (C=O) groups excluding carboxylic acids is 2. The molecule has 2 rings (SSSR count). The molecule has 0 spiro atoms. The summed E-state index contributed by atoms with van der Waals surface area (Å²) < 4.78 is 54.2. The highest BCUT2D eigenvalue weighted by Gasteiger charge is 2.30. The summed E-state index contributed by atoms with van der Waals surface area (Å²) in [7, 11) is 0. The van der Waals surface area contributed by atoms with E-state index in [9.17, 15) is 22.8 Å². The quantitative estimate of drug-likeness (QED) is 0.333. The van der Waals surface area contributed by atoms with E-state index in [2.05, 4.69) is 5.32 Å². The number of halogens is 3. The van der Waals surface area contributed by atoms with E-state index in [4.69, 9.17) is 19.5 Å². The third-order valence-electron chi connectivity index (χ3n) is 4.03. The molecule has 1 N–H and O–H groups in total. The van der Waals surface area contributed by atoms with Gasteiger partial charge in [0.25, 0.3) is 5.91 Å². The lowest BCUT2D eigenvalue weighted by Crippen LogP contribution is -2.20. The summed E-state index contributed by atoms with van der Waals surface area (Å²) in [6, 6.07) is 10.5. The van der Waals surface area contributed by atoms with Gasteiger partial charge in [-0.25, -0.2) is 4.79 Å². The smallest absolute Gasteiger partial charge is 0.416 e. The van der Waals surface area contributed by atoms with E-state index in [1.807, 2.05) is 0 Å². The van der Waals surface area contributed by atoms with E-state index in [0.29, 0.717) is 5.56 Å². The minimum Gasteiger partial charge on any atom is -0.490 e. The first kappa shape index (κ1) is 25.3. The zero-order valence-corrected chi connectivity index (χ0v) is 17.9. The number of nitriles is 1. The maximum Gasteiger partial charge on any atom is 0.416 e. The summed E-state index contributed by atoms with van der Waals surface area (Å²) in [5.41, 5.74) is -0.646.